The fourth-order valence-corrected chi connectivity index (χ4v) is 2.27. The van der Waals surface area contributed by atoms with Gasteiger partial charge in [-0.1, -0.05) is 52.2 Å². The number of anilines is 1. The number of para-hydroxylation sites is 1. The van der Waals surface area contributed by atoms with Gasteiger partial charge in [-0.25, -0.2) is 0 Å². The van der Waals surface area contributed by atoms with Gasteiger partial charge in [-0.2, -0.15) is 0 Å². The molecule has 90 valence electrons. The molecule has 0 amide bonds. The molecule has 0 heterocycles. The Labute approximate surface area is 124 Å². The number of hydrogen-bond acceptors (Lipinski definition) is 1. The predicted octanol–water partition coefficient (Wildman–Crippen LogP) is 4.77. The van der Waals surface area contributed by atoms with Crippen molar-refractivity contribution in [2.75, 3.05) is 5.32 Å². The van der Waals surface area contributed by atoms with Crippen molar-refractivity contribution in [3.8, 4) is 10.8 Å². The van der Waals surface area contributed by atoms with Gasteiger partial charge in [0.15, 0.2) is 0 Å². The van der Waals surface area contributed by atoms with Crippen molar-refractivity contribution in [3.63, 3.8) is 0 Å². The minimum absolute atomic E-state index is 0.766. The maximum atomic E-state index is 3.54. The molecule has 1 N–H and O–H groups in total. The van der Waals surface area contributed by atoms with Crippen LogP contribution in [-0.2, 0) is 6.54 Å². The SMILES string of the molecule is BrC#Cc1ccccc1NCc1ccccc1Br. The van der Waals surface area contributed by atoms with Crippen LogP contribution in [0.25, 0.3) is 0 Å². The summed E-state index contributed by atoms with van der Waals surface area (Å²) in [5.74, 6) is 3.02. The number of nitrogens with one attached hydrogen (secondary N) is 1. The van der Waals surface area contributed by atoms with E-state index in [1.165, 1.54) is 5.56 Å². The summed E-state index contributed by atoms with van der Waals surface area (Å²) in [5, 5.41) is 3.40. The fourth-order valence-electron chi connectivity index (χ4n) is 1.63. The Hall–Kier alpha value is -1.24. The van der Waals surface area contributed by atoms with E-state index in [-0.39, 0.29) is 0 Å². The van der Waals surface area contributed by atoms with E-state index in [4.69, 9.17) is 0 Å². The topological polar surface area (TPSA) is 12.0 Å². The zero-order chi connectivity index (χ0) is 12.8. The Morgan fingerprint density at radius 1 is 1.00 bits per heavy atom. The van der Waals surface area contributed by atoms with Gasteiger partial charge in [0, 0.05) is 32.5 Å². The Morgan fingerprint density at radius 3 is 2.50 bits per heavy atom. The highest BCUT2D eigenvalue weighted by Gasteiger charge is 2.01. The lowest BCUT2D eigenvalue weighted by Crippen LogP contribution is -2.01. The molecule has 0 aromatic heterocycles. The van der Waals surface area contributed by atoms with Gasteiger partial charge in [-0.15, -0.1) is 0 Å². The van der Waals surface area contributed by atoms with Gasteiger partial charge >= 0.3 is 0 Å². The zero-order valence-electron chi connectivity index (χ0n) is 9.58. The molecule has 2 aromatic rings. The second-order valence-corrected chi connectivity index (χ2v) is 4.96. The third kappa shape index (κ3) is 3.38. The van der Waals surface area contributed by atoms with Crippen LogP contribution in [0.5, 0.6) is 0 Å². The van der Waals surface area contributed by atoms with Crippen LogP contribution < -0.4 is 5.32 Å². The van der Waals surface area contributed by atoms with Crippen LogP contribution in [0.4, 0.5) is 5.69 Å². The first kappa shape index (κ1) is 13.2. The maximum Gasteiger partial charge on any atom is 0.0502 e. The van der Waals surface area contributed by atoms with Gasteiger partial charge in [0.05, 0.1) is 5.69 Å². The molecule has 0 bridgehead atoms. The molecule has 18 heavy (non-hydrogen) atoms. The summed E-state index contributed by atoms with van der Waals surface area (Å²) in [5.41, 5.74) is 3.25. The lowest BCUT2D eigenvalue weighted by molar-refractivity contribution is 1.13. The van der Waals surface area contributed by atoms with Gasteiger partial charge in [0.2, 0.25) is 0 Å². The summed E-state index contributed by atoms with van der Waals surface area (Å²) < 4.78 is 1.11. The summed E-state index contributed by atoms with van der Waals surface area (Å²) in [6.07, 6.45) is 0. The highest BCUT2D eigenvalue weighted by atomic mass is 79.9. The monoisotopic (exact) mass is 363 g/mol. The molecule has 2 aromatic carbocycles. The smallest absolute Gasteiger partial charge is 0.0502 e. The zero-order valence-corrected chi connectivity index (χ0v) is 12.8. The molecule has 0 spiro atoms. The molecule has 0 atom stereocenters. The molecular formula is C15H11Br2N. The summed E-state index contributed by atoms with van der Waals surface area (Å²) in [4.78, 5) is 2.75. The van der Waals surface area contributed by atoms with E-state index in [1.807, 2.05) is 42.5 Å². The van der Waals surface area contributed by atoms with Gasteiger partial charge < -0.3 is 5.32 Å². The average Bonchev–Trinajstić information content (AvgIpc) is 2.40. The van der Waals surface area contributed by atoms with Crippen LogP contribution in [0.2, 0.25) is 0 Å². The van der Waals surface area contributed by atoms with Crippen molar-refractivity contribution < 1.29 is 0 Å². The summed E-state index contributed by atoms with van der Waals surface area (Å²) in [6, 6.07) is 16.2. The minimum atomic E-state index is 0.766. The highest BCUT2D eigenvalue weighted by molar-refractivity contribution is 9.12. The maximum absolute atomic E-state index is 3.54. The first-order valence-corrected chi connectivity index (χ1v) is 7.08. The van der Waals surface area contributed by atoms with Crippen LogP contribution in [0, 0.1) is 10.8 Å². The van der Waals surface area contributed by atoms with Crippen LogP contribution in [0.1, 0.15) is 11.1 Å². The molecule has 0 saturated heterocycles. The predicted molar refractivity (Wildman–Crippen MR) is 83.7 cm³/mol. The lowest BCUT2D eigenvalue weighted by Gasteiger charge is -2.09. The first-order chi connectivity index (χ1) is 8.81. The van der Waals surface area contributed by atoms with E-state index in [1.54, 1.807) is 0 Å². The second kappa shape index (κ2) is 6.63. The average molecular weight is 365 g/mol. The van der Waals surface area contributed by atoms with Crippen LogP contribution in [0.3, 0.4) is 0 Å². The third-order valence-electron chi connectivity index (χ3n) is 2.54. The van der Waals surface area contributed by atoms with Crippen molar-refractivity contribution in [1.82, 2.24) is 0 Å². The molecule has 0 fully saturated rings. The first-order valence-electron chi connectivity index (χ1n) is 5.49. The largest absolute Gasteiger partial charge is 0.380 e. The van der Waals surface area contributed by atoms with Gasteiger partial charge in [-0.3, -0.25) is 0 Å². The third-order valence-corrected chi connectivity index (χ3v) is 3.51. The second-order valence-electron chi connectivity index (χ2n) is 3.71. The van der Waals surface area contributed by atoms with Crippen molar-refractivity contribution in [2.45, 2.75) is 6.54 Å². The van der Waals surface area contributed by atoms with E-state index in [2.05, 4.69) is 54.0 Å². The quantitative estimate of drug-likeness (QED) is 0.774. The molecule has 2 rings (SSSR count). The van der Waals surface area contributed by atoms with Crippen molar-refractivity contribution in [3.05, 3.63) is 64.1 Å². The molecule has 0 aliphatic heterocycles. The number of benzene rings is 2. The summed E-state index contributed by atoms with van der Waals surface area (Å²) in [6.45, 7) is 0.766. The van der Waals surface area contributed by atoms with Gasteiger partial charge in [0.1, 0.15) is 0 Å². The molecule has 0 aliphatic rings. The molecule has 1 nitrogen and oxygen atoms in total. The van der Waals surface area contributed by atoms with Crippen molar-refractivity contribution in [1.29, 1.82) is 0 Å². The highest BCUT2D eigenvalue weighted by Crippen LogP contribution is 2.19. The summed E-state index contributed by atoms with van der Waals surface area (Å²) in [7, 11) is 0. The van der Waals surface area contributed by atoms with Crippen molar-refractivity contribution >= 4 is 37.5 Å². The van der Waals surface area contributed by atoms with Crippen LogP contribution in [-0.4, -0.2) is 0 Å². The molecule has 3 heteroatoms. The van der Waals surface area contributed by atoms with Crippen LogP contribution >= 0.6 is 31.9 Å². The lowest BCUT2D eigenvalue weighted by atomic mass is 10.1. The van der Waals surface area contributed by atoms with Gasteiger partial charge in [0.25, 0.3) is 0 Å². The Kier molecular flexibility index (Phi) is 4.86. The summed E-state index contributed by atoms with van der Waals surface area (Å²) >= 11 is 6.68. The standard InChI is InChI=1S/C15H11Br2N/c16-10-9-12-5-2-4-8-15(12)18-11-13-6-1-3-7-14(13)17/h1-8,18H,11H2. The molecular weight excluding hydrogens is 354 g/mol. The number of hydrogen-bond donors (Lipinski definition) is 1. The normalized spacial score (nSPS) is 9.44. The fraction of sp³-hybridized carbons (Fsp3) is 0.0667. The van der Waals surface area contributed by atoms with E-state index in [9.17, 15) is 0 Å². The van der Waals surface area contributed by atoms with Crippen LogP contribution in [0.15, 0.2) is 53.0 Å². The van der Waals surface area contributed by atoms with E-state index in [0.717, 1.165) is 22.3 Å². The molecule has 0 radical (unpaired) electrons. The number of rotatable bonds is 3. The Bertz CT molecular complexity index is 597. The van der Waals surface area contributed by atoms with Gasteiger partial charge in [-0.05, 0) is 28.6 Å². The molecule has 0 saturated carbocycles. The molecule has 0 aliphatic carbocycles. The van der Waals surface area contributed by atoms with E-state index >= 15 is 0 Å². The Balaban J connectivity index is 2.15. The molecule has 0 unspecified atom stereocenters. The number of halogens is 2. The minimum Gasteiger partial charge on any atom is -0.380 e. The van der Waals surface area contributed by atoms with Crippen molar-refractivity contribution in [2.24, 2.45) is 0 Å². The van der Waals surface area contributed by atoms with E-state index in [0.29, 0.717) is 0 Å². The Morgan fingerprint density at radius 2 is 1.72 bits per heavy atom. The van der Waals surface area contributed by atoms with E-state index < -0.39 is 0 Å².